The SMILES string of the molecule is CC(CCl)Cn1c(Br)nc2c1c(=O)n(C)c(=O)n2C. The number of aryl methyl sites for hydroxylation is 1. The highest BCUT2D eigenvalue weighted by atomic mass is 79.9. The Bertz CT molecular complexity index is 746. The number of aromatic nitrogens is 4. The summed E-state index contributed by atoms with van der Waals surface area (Å²) < 4.78 is 4.73. The van der Waals surface area contributed by atoms with Crippen molar-refractivity contribution >= 4 is 38.7 Å². The lowest BCUT2D eigenvalue weighted by Crippen LogP contribution is -2.37. The van der Waals surface area contributed by atoms with Gasteiger partial charge in [-0.3, -0.25) is 13.9 Å². The minimum Gasteiger partial charge on any atom is -0.312 e. The van der Waals surface area contributed by atoms with E-state index in [9.17, 15) is 9.59 Å². The molecule has 104 valence electrons. The average Bonchev–Trinajstić information content (AvgIpc) is 2.71. The van der Waals surface area contributed by atoms with Crippen molar-refractivity contribution in [3.8, 4) is 0 Å². The van der Waals surface area contributed by atoms with Gasteiger partial charge in [-0.1, -0.05) is 6.92 Å². The monoisotopic (exact) mass is 348 g/mol. The standard InChI is InChI=1S/C11H14BrClN4O2/c1-6(4-13)5-17-7-8(14-10(17)12)15(2)11(19)16(3)9(7)18/h6H,4-5H2,1-3H3. The normalized spacial score (nSPS) is 13.1. The Labute approximate surface area is 122 Å². The van der Waals surface area contributed by atoms with E-state index in [1.807, 2.05) is 6.92 Å². The van der Waals surface area contributed by atoms with Gasteiger partial charge in [0.15, 0.2) is 15.9 Å². The maximum atomic E-state index is 12.2. The maximum absolute atomic E-state index is 12.2. The first-order valence-electron chi connectivity index (χ1n) is 5.76. The quantitative estimate of drug-likeness (QED) is 0.615. The second-order valence-corrected chi connectivity index (χ2v) is 5.65. The molecular formula is C11H14BrClN4O2. The predicted octanol–water partition coefficient (Wildman–Crippen LogP) is 1.07. The van der Waals surface area contributed by atoms with Crippen LogP contribution in [-0.4, -0.2) is 24.6 Å². The minimum absolute atomic E-state index is 0.192. The van der Waals surface area contributed by atoms with E-state index in [2.05, 4.69) is 20.9 Å². The van der Waals surface area contributed by atoms with Gasteiger partial charge in [0.25, 0.3) is 5.56 Å². The van der Waals surface area contributed by atoms with E-state index in [4.69, 9.17) is 11.6 Å². The fraction of sp³-hybridized carbons (Fsp3) is 0.545. The Morgan fingerprint density at radius 1 is 1.32 bits per heavy atom. The first-order chi connectivity index (χ1) is 8.88. The molecule has 1 unspecified atom stereocenters. The highest BCUT2D eigenvalue weighted by Crippen LogP contribution is 2.18. The van der Waals surface area contributed by atoms with Gasteiger partial charge in [0.2, 0.25) is 0 Å². The van der Waals surface area contributed by atoms with Crippen LogP contribution in [0.25, 0.3) is 11.2 Å². The van der Waals surface area contributed by atoms with E-state index >= 15 is 0 Å². The Morgan fingerprint density at radius 2 is 1.95 bits per heavy atom. The molecule has 8 heteroatoms. The lowest BCUT2D eigenvalue weighted by atomic mass is 10.2. The van der Waals surface area contributed by atoms with Crippen molar-refractivity contribution in [3.05, 3.63) is 25.6 Å². The molecule has 0 saturated heterocycles. The van der Waals surface area contributed by atoms with E-state index in [1.165, 1.54) is 11.6 Å². The summed E-state index contributed by atoms with van der Waals surface area (Å²) in [7, 11) is 3.05. The summed E-state index contributed by atoms with van der Waals surface area (Å²) in [4.78, 5) is 28.3. The number of hydrogen-bond donors (Lipinski definition) is 0. The van der Waals surface area contributed by atoms with Crippen LogP contribution in [0.3, 0.4) is 0 Å². The van der Waals surface area contributed by atoms with Crippen molar-refractivity contribution in [2.45, 2.75) is 13.5 Å². The third-order valence-corrected chi connectivity index (χ3v) is 4.19. The predicted molar refractivity (Wildman–Crippen MR) is 77.8 cm³/mol. The number of rotatable bonds is 3. The summed E-state index contributed by atoms with van der Waals surface area (Å²) >= 11 is 9.14. The second-order valence-electron chi connectivity index (χ2n) is 4.63. The first-order valence-corrected chi connectivity index (χ1v) is 7.09. The molecule has 2 aromatic heterocycles. The van der Waals surface area contributed by atoms with Crippen LogP contribution in [0, 0.1) is 5.92 Å². The van der Waals surface area contributed by atoms with Crippen LogP contribution in [0.2, 0.25) is 0 Å². The number of hydrogen-bond acceptors (Lipinski definition) is 3. The first kappa shape index (κ1) is 14.3. The van der Waals surface area contributed by atoms with E-state index < -0.39 is 0 Å². The molecule has 0 bridgehead atoms. The number of halogens is 2. The van der Waals surface area contributed by atoms with Crippen LogP contribution in [0.4, 0.5) is 0 Å². The Morgan fingerprint density at radius 3 is 2.53 bits per heavy atom. The molecule has 0 aliphatic carbocycles. The summed E-state index contributed by atoms with van der Waals surface area (Å²) in [6, 6.07) is 0. The van der Waals surface area contributed by atoms with Crippen molar-refractivity contribution < 1.29 is 0 Å². The summed E-state index contributed by atoms with van der Waals surface area (Å²) in [5, 5.41) is 0. The third-order valence-electron chi connectivity index (χ3n) is 3.06. The Balaban J connectivity index is 2.83. The molecule has 0 saturated carbocycles. The summed E-state index contributed by atoms with van der Waals surface area (Å²) in [6.45, 7) is 2.55. The largest absolute Gasteiger partial charge is 0.332 e. The van der Waals surface area contributed by atoms with Gasteiger partial charge in [0.1, 0.15) is 0 Å². The van der Waals surface area contributed by atoms with Crippen LogP contribution in [0.5, 0.6) is 0 Å². The second kappa shape index (κ2) is 5.13. The van der Waals surface area contributed by atoms with Crippen molar-refractivity contribution in [1.82, 2.24) is 18.7 Å². The molecule has 6 nitrogen and oxygen atoms in total. The fourth-order valence-electron chi connectivity index (χ4n) is 1.95. The van der Waals surface area contributed by atoms with Gasteiger partial charge in [-0.15, -0.1) is 11.6 Å². The maximum Gasteiger partial charge on any atom is 0.332 e. The molecule has 0 N–H and O–H groups in total. The van der Waals surface area contributed by atoms with Gasteiger partial charge in [0, 0.05) is 26.5 Å². The molecule has 0 spiro atoms. The van der Waals surface area contributed by atoms with Crippen molar-refractivity contribution in [2.75, 3.05) is 5.88 Å². The lowest BCUT2D eigenvalue weighted by molar-refractivity contribution is 0.529. The average molecular weight is 350 g/mol. The van der Waals surface area contributed by atoms with Crippen LogP contribution < -0.4 is 11.2 Å². The number of fused-ring (bicyclic) bond motifs is 1. The van der Waals surface area contributed by atoms with Crippen LogP contribution in [0.1, 0.15) is 6.92 Å². The molecule has 2 aromatic rings. The lowest BCUT2D eigenvalue weighted by Gasteiger charge is -2.11. The molecule has 0 amide bonds. The van der Waals surface area contributed by atoms with E-state index in [0.29, 0.717) is 28.3 Å². The van der Waals surface area contributed by atoms with Crippen molar-refractivity contribution in [1.29, 1.82) is 0 Å². The fourth-order valence-corrected chi connectivity index (χ4v) is 2.53. The molecule has 0 aromatic carbocycles. The van der Waals surface area contributed by atoms with Gasteiger partial charge in [-0.2, -0.15) is 0 Å². The number of alkyl halides is 1. The zero-order valence-corrected chi connectivity index (χ0v) is 13.2. The van der Waals surface area contributed by atoms with Crippen molar-refractivity contribution in [3.63, 3.8) is 0 Å². The van der Waals surface area contributed by atoms with Gasteiger partial charge in [-0.25, -0.2) is 9.78 Å². The zero-order chi connectivity index (χ0) is 14.3. The molecule has 0 aliphatic heterocycles. The Hall–Kier alpha value is -1.08. The summed E-state index contributed by atoms with van der Waals surface area (Å²) in [5.41, 5.74) is 0.0494. The summed E-state index contributed by atoms with van der Waals surface area (Å²) in [6.07, 6.45) is 0. The molecule has 0 aliphatic rings. The van der Waals surface area contributed by atoms with E-state index in [-0.39, 0.29) is 17.2 Å². The van der Waals surface area contributed by atoms with Gasteiger partial charge < -0.3 is 4.57 Å². The molecule has 0 radical (unpaired) electrons. The Kier molecular flexibility index (Phi) is 3.87. The van der Waals surface area contributed by atoms with Crippen LogP contribution in [-0.2, 0) is 20.6 Å². The number of nitrogens with zero attached hydrogens (tertiary/aromatic N) is 4. The van der Waals surface area contributed by atoms with Crippen molar-refractivity contribution in [2.24, 2.45) is 20.0 Å². The molecule has 2 heterocycles. The van der Waals surface area contributed by atoms with Gasteiger partial charge in [0.05, 0.1) is 0 Å². The molecule has 2 rings (SSSR count). The van der Waals surface area contributed by atoms with Gasteiger partial charge >= 0.3 is 5.69 Å². The van der Waals surface area contributed by atoms with E-state index in [0.717, 1.165) is 4.57 Å². The van der Waals surface area contributed by atoms with Crippen LogP contribution in [0.15, 0.2) is 14.3 Å². The van der Waals surface area contributed by atoms with Crippen LogP contribution >= 0.6 is 27.5 Å². The highest BCUT2D eigenvalue weighted by Gasteiger charge is 2.18. The smallest absolute Gasteiger partial charge is 0.312 e. The molecule has 19 heavy (non-hydrogen) atoms. The topological polar surface area (TPSA) is 61.8 Å². The molecular weight excluding hydrogens is 336 g/mol. The minimum atomic E-state index is -0.389. The third kappa shape index (κ3) is 2.25. The zero-order valence-electron chi connectivity index (χ0n) is 10.9. The molecule has 0 fully saturated rings. The number of imidazole rings is 1. The van der Waals surface area contributed by atoms with Gasteiger partial charge in [-0.05, 0) is 21.8 Å². The van der Waals surface area contributed by atoms with E-state index in [1.54, 1.807) is 11.6 Å². The molecule has 1 atom stereocenters. The highest BCUT2D eigenvalue weighted by molar-refractivity contribution is 9.10. The summed E-state index contributed by atoms with van der Waals surface area (Å²) in [5.74, 6) is 0.676.